The first-order chi connectivity index (χ1) is 8.57. The highest BCUT2D eigenvalue weighted by Crippen LogP contribution is 1.92. The number of aliphatic carboxylic acids is 1. The van der Waals surface area contributed by atoms with E-state index in [1.54, 1.807) is 0 Å². The summed E-state index contributed by atoms with van der Waals surface area (Å²) in [4.78, 5) is 21.5. The van der Waals surface area contributed by atoms with Crippen molar-refractivity contribution < 1.29 is 19.4 Å². The van der Waals surface area contributed by atoms with Gasteiger partial charge in [0.05, 0.1) is 12.8 Å². The monoisotopic (exact) mass is 254 g/mol. The number of amides is 1. The summed E-state index contributed by atoms with van der Waals surface area (Å²) in [5.41, 5.74) is 5.20. The zero-order chi connectivity index (χ0) is 13.8. The van der Waals surface area contributed by atoms with Crippen LogP contribution in [0.1, 0.15) is 19.3 Å². The average molecular weight is 254 g/mol. The Morgan fingerprint density at radius 1 is 1.56 bits per heavy atom. The Labute approximate surface area is 106 Å². The second-order valence-corrected chi connectivity index (χ2v) is 3.47. The quantitative estimate of drug-likeness (QED) is 0.302. The number of hydrogen-bond donors (Lipinski definition) is 3. The predicted molar refractivity (Wildman–Crippen MR) is 66.4 cm³/mol. The molecule has 0 aliphatic carbocycles. The molecule has 1 atom stereocenters. The molecule has 0 rings (SSSR count). The lowest BCUT2D eigenvalue weighted by atomic mass is 10.2. The van der Waals surface area contributed by atoms with Crippen molar-refractivity contribution in [3.05, 3.63) is 12.3 Å². The van der Waals surface area contributed by atoms with Crippen molar-refractivity contribution in [1.29, 1.82) is 0 Å². The number of unbranched alkanes of at least 4 members (excludes halogenated alkanes) is 1. The van der Waals surface area contributed by atoms with E-state index in [1.807, 2.05) is 0 Å². The van der Waals surface area contributed by atoms with E-state index in [1.165, 1.54) is 12.3 Å². The Morgan fingerprint density at radius 2 is 2.28 bits per heavy atom. The van der Waals surface area contributed by atoms with Crippen molar-refractivity contribution in [3.63, 3.8) is 0 Å². The van der Waals surface area contributed by atoms with Gasteiger partial charge in [0.2, 0.25) is 5.91 Å². The largest absolute Gasteiger partial charge is 0.500 e. The van der Waals surface area contributed by atoms with E-state index in [0.29, 0.717) is 25.8 Å². The maximum absolute atomic E-state index is 11.2. The second-order valence-electron chi connectivity index (χ2n) is 3.47. The fourth-order valence-corrected chi connectivity index (χ4v) is 0.979. The number of nitrogens with two attached hydrogens (primary N) is 1. The first kappa shape index (κ1) is 16.0. The number of hydrogen-bond acceptors (Lipinski definition) is 4. The Hall–Kier alpha value is -2.00. The molecule has 1 unspecified atom stereocenters. The molecule has 0 aromatic heterocycles. The van der Waals surface area contributed by atoms with Crippen molar-refractivity contribution in [3.8, 4) is 12.3 Å². The third-order valence-corrected chi connectivity index (χ3v) is 1.93. The number of carboxylic acids is 1. The minimum absolute atomic E-state index is 0.0833. The molecule has 0 bridgehead atoms. The van der Waals surface area contributed by atoms with Crippen molar-refractivity contribution in [2.75, 3.05) is 13.2 Å². The molecule has 6 heteroatoms. The third-order valence-electron chi connectivity index (χ3n) is 1.93. The number of ether oxygens (including phenoxy) is 1. The van der Waals surface area contributed by atoms with Gasteiger partial charge in [0.15, 0.2) is 0 Å². The van der Waals surface area contributed by atoms with Crippen LogP contribution in [0.15, 0.2) is 12.3 Å². The first-order valence-corrected chi connectivity index (χ1v) is 5.54. The molecular formula is C12H18N2O4. The van der Waals surface area contributed by atoms with Gasteiger partial charge in [0, 0.05) is 12.8 Å². The number of nitrogens with one attached hydrogen (secondary N) is 1. The van der Waals surface area contributed by atoms with Crippen LogP contribution >= 0.6 is 0 Å². The summed E-state index contributed by atoms with van der Waals surface area (Å²) in [6, 6.07) is -1.08. The molecule has 0 aliphatic rings. The van der Waals surface area contributed by atoms with Gasteiger partial charge in [-0.3, -0.25) is 9.59 Å². The fourth-order valence-electron chi connectivity index (χ4n) is 0.979. The van der Waals surface area contributed by atoms with Crippen molar-refractivity contribution >= 4 is 11.9 Å². The number of carbonyl (C=O) groups excluding carboxylic acids is 1. The van der Waals surface area contributed by atoms with Crippen LogP contribution in [0.5, 0.6) is 0 Å². The number of carboxylic acid groups (broad SMARTS) is 1. The summed E-state index contributed by atoms with van der Waals surface area (Å²) in [5.74, 6) is 1.24. The zero-order valence-electron chi connectivity index (χ0n) is 10.1. The Kier molecular flexibility index (Phi) is 9.04. The lowest BCUT2D eigenvalue weighted by molar-refractivity contribution is -0.137. The van der Waals surface area contributed by atoms with Gasteiger partial charge in [-0.05, 0) is 12.5 Å². The molecule has 0 aromatic rings. The molecule has 1 amide bonds. The van der Waals surface area contributed by atoms with Gasteiger partial charge >= 0.3 is 5.97 Å². The first-order valence-electron chi connectivity index (χ1n) is 5.54. The van der Waals surface area contributed by atoms with E-state index in [0.717, 1.165) is 0 Å². The molecule has 0 heterocycles. The molecular weight excluding hydrogens is 236 g/mol. The SMILES string of the molecule is C#CCCCC(=O)NCCO/C=C/C(N)C(=O)O. The van der Waals surface area contributed by atoms with Crippen molar-refractivity contribution in [2.24, 2.45) is 5.73 Å². The van der Waals surface area contributed by atoms with E-state index >= 15 is 0 Å². The second kappa shape index (κ2) is 10.2. The molecule has 0 saturated carbocycles. The fraction of sp³-hybridized carbons (Fsp3) is 0.500. The lowest BCUT2D eigenvalue weighted by Gasteiger charge is -2.04. The van der Waals surface area contributed by atoms with Gasteiger partial charge in [0.25, 0.3) is 0 Å². The topological polar surface area (TPSA) is 102 Å². The van der Waals surface area contributed by atoms with Gasteiger partial charge in [-0.25, -0.2) is 0 Å². The molecule has 0 aromatic carbocycles. The van der Waals surface area contributed by atoms with E-state index < -0.39 is 12.0 Å². The molecule has 0 radical (unpaired) electrons. The Morgan fingerprint density at radius 3 is 2.89 bits per heavy atom. The summed E-state index contributed by atoms with van der Waals surface area (Å²) in [5, 5.41) is 11.1. The molecule has 6 nitrogen and oxygen atoms in total. The standard InChI is InChI=1S/C12H18N2O4/c1-2-3-4-5-11(15)14-7-9-18-8-6-10(13)12(16)17/h1,6,8,10H,3-5,7,9,13H2,(H,14,15)(H,16,17)/b8-6+. The van der Waals surface area contributed by atoms with E-state index in [2.05, 4.69) is 11.2 Å². The number of terminal acetylenes is 1. The summed E-state index contributed by atoms with van der Waals surface area (Å²) in [7, 11) is 0. The van der Waals surface area contributed by atoms with Crippen LogP contribution in [-0.2, 0) is 14.3 Å². The Bertz CT molecular complexity index is 333. The van der Waals surface area contributed by atoms with Gasteiger partial charge in [-0.1, -0.05) is 0 Å². The molecule has 0 fully saturated rings. The third kappa shape index (κ3) is 9.24. The zero-order valence-corrected chi connectivity index (χ0v) is 10.1. The highest BCUT2D eigenvalue weighted by Gasteiger charge is 2.05. The van der Waals surface area contributed by atoms with E-state index in [-0.39, 0.29) is 12.5 Å². The molecule has 0 aliphatic heterocycles. The van der Waals surface area contributed by atoms with Gasteiger partial charge in [-0.15, -0.1) is 12.3 Å². The summed E-state index contributed by atoms with van der Waals surface area (Å²) < 4.78 is 4.96. The minimum atomic E-state index is -1.13. The molecule has 4 N–H and O–H groups in total. The maximum Gasteiger partial charge on any atom is 0.324 e. The van der Waals surface area contributed by atoms with E-state index in [9.17, 15) is 9.59 Å². The smallest absolute Gasteiger partial charge is 0.324 e. The van der Waals surface area contributed by atoms with Crippen LogP contribution in [0.2, 0.25) is 0 Å². The van der Waals surface area contributed by atoms with Crippen molar-refractivity contribution in [2.45, 2.75) is 25.3 Å². The summed E-state index contributed by atoms with van der Waals surface area (Å²) >= 11 is 0. The van der Waals surface area contributed by atoms with Crippen LogP contribution in [0.3, 0.4) is 0 Å². The van der Waals surface area contributed by atoms with Crippen LogP contribution in [-0.4, -0.2) is 36.2 Å². The van der Waals surface area contributed by atoms with Crippen molar-refractivity contribution in [1.82, 2.24) is 5.32 Å². The molecule has 18 heavy (non-hydrogen) atoms. The predicted octanol–water partition coefficient (Wildman–Crippen LogP) is -0.152. The minimum Gasteiger partial charge on any atom is -0.500 e. The van der Waals surface area contributed by atoms with Gasteiger partial charge in [0.1, 0.15) is 12.6 Å². The lowest BCUT2D eigenvalue weighted by Crippen LogP contribution is -2.28. The maximum atomic E-state index is 11.2. The highest BCUT2D eigenvalue weighted by atomic mass is 16.5. The van der Waals surface area contributed by atoms with Gasteiger partial charge in [-0.2, -0.15) is 0 Å². The van der Waals surface area contributed by atoms with Crippen LogP contribution in [0.4, 0.5) is 0 Å². The number of rotatable bonds is 9. The molecule has 100 valence electrons. The van der Waals surface area contributed by atoms with Crippen LogP contribution in [0, 0.1) is 12.3 Å². The summed E-state index contributed by atoms with van der Waals surface area (Å²) in [6.07, 6.45) is 9.12. The molecule has 0 saturated heterocycles. The molecule has 0 spiro atoms. The summed E-state index contributed by atoms with van der Waals surface area (Å²) in [6.45, 7) is 0.602. The van der Waals surface area contributed by atoms with Gasteiger partial charge < -0.3 is 20.9 Å². The Balaban J connectivity index is 3.48. The van der Waals surface area contributed by atoms with Crippen LogP contribution < -0.4 is 11.1 Å². The average Bonchev–Trinajstić information content (AvgIpc) is 2.33. The highest BCUT2D eigenvalue weighted by molar-refractivity contribution is 5.76. The van der Waals surface area contributed by atoms with Crippen LogP contribution in [0.25, 0.3) is 0 Å². The number of carbonyl (C=O) groups is 2. The normalized spacial score (nSPS) is 11.8. The van der Waals surface area contributed by atoms with E-state index in [4.69, 9.17) is 22.0 Å².